The van der Waals surface area contributed by atoms with E-state index in [9.17, 15) is 4.79 Å². The second-order valence-corrected chi connectivity index (χ2v) is 10.7. The number of unbranched alkanes of at least 4 members (excludes halogenated alkanes) is 2. The van der Waals surface area contributed by atoms with Gasteiger partial charge < -0.3 is 0 Å². The van der Waals surface area contributed by atoms with Gasteiger partial charge in [-0.2, -0.15) is 0 Å². The molecular weight excluding hydrogens is 212 g/mol. The van der Waals surface area contributed by atoms with Gasteiger partial charge in [0.1, 0.15) is 0 Å². The van der Waals surface area contributed by atoms with Crippen molar-refractivity contribution >= 4 is 24.9 Å². The summed E-state index contributed by atoms with van der Waals surface area (Å²) >= 11 is 5.54. The van der Waals surface area contributed by atoms with Crippen molar-refractivity contribution in [2.45, 2.75) is 51.9 Å². The van der Waals surface area contributed by atoms with E-state index in [0.29, 0.717) is 0 Å². The molecule has 0 aromatic carbocycles. The second-order valence-electron chi connectivity index (χ2n) is 4.88. The lowest BCUT2D eigenvalue weighted by atomic mass is 10.2. The van der Waals surface area contributed by atoms with Crippen molar-refractivity contribution in [3.63, 3.8) is 0 Å². The van der Waals surface area contributed by atoms with E-state index in [0.717, 1.165) is 30.9 Å². The van der Waals surface area contributed by atoms with Gasteiger partial charge in [0.25, 0.3) is 0 Å². The maximum absolute atomic E-state index is 11.1. The number of halogens is 1. The van der Waals surface area contributed by atoms with E-state index < -0.39 is 8.07 Å². The zero-order chi connectivity index (χ0) is 11.2. The Hall–Kier alpha value is -0.0831. The lowest BCUT2D eigenvalue weighted by molar-refractivity contribution is -0.108. The molecule has 0 spiro atoms. The van der Waals surface area contributed by atoms with Crippen molar-refractivity contribution in [2.24, 2.45) is 0 Å². The molecule has 0 bridgehead atoms. The molecule has 3 heteroatoms. The monoisotopic (exact) mass is 232 g/mol. The standard InChI is InChI=1S/C11H21ClOSi/c1-5-6-7-8-10(11(12)13)9-14(2,3)4/h8H,5-7,9H2,1-4H3/b10-8+. The lowest BCUT2D eigenvalue weighted by Gasteiger charge is -2.16. The molecule has 82 valence electrons. The SMILES string of the molecule is CCCC/C=C(\C[Si](C)(C)C)C(=O)Cl. The highest BCUT2D eigenvalue weighted by Gasteiger charge is 2.18. The van der Waals surface area contributed by atoms with E-state index in [2.05, 4.69) is 26.6 Å². The van der Waals surface area contributed by atoms with Crippen LogP contribution in [-0.2, 0) is 4.79 Å². The molecule has 0 aliphatic rings. The minimum atomic E-state index is -1.22. The number of allylic oxidation sites excluding steroid dienone is 2. The third-order valence-electron chi connectivity index (χ3n) is 1.92. The van der Waals surface area contributed by atoms with Gasteiger partial charge in [0.2, 0.25) is 5.24 Å². The number of rotatable bonds is 6. The topological polar surface area (TPSA) is 17.1 Å². The Labute approximate surface area is 93.5 Å². The van der Waals surface area contributed by atoms with Crippen LogP contribution in [0.5, 0.6) is 0 Å². The van der Waals surface area contributed by atoms with Gasteiger partial charge in [-0.15, -0.1) is 0 Å². The molecule has 0 rings (SSSR count). The Balaban J connectivity index is 4.30. The Morgan fingerprint density at radius 1 is 1.36 bits per heavy atom. The Bertz CT molecular complexity index is 216. The molecule has 0 saturated carbocycles. The van der Waals surface area contributed by atoms with Gasteiger partial charge in [0, 0.05) is 13.6 Å². The Morgan fingerprint density at radius 2 is 1.93 bits per heavy atom. The summed E-state index contributed by atoms with van der Waals surface area (Å²) < 4.78 is 0. The minimum Gasteiger partial charge on any atom is -0.276 e. The van der Waals surface area contributed by atoms with Crippen LogP contribution >= 0.6 is 11.6 Å². The number of carbonyl (C=O) groups is 1. The lowest BCUT2D eigenvalue weighted by Crippen LogP contribution is -2.21. The van der Waals surface area contributed by atoms with Crippen LogP contribution < -0.4 is 0 Å². The summed E-state index contributed by atoms with van der Waals surface area (Å²) in [6.07, 6.45) is 5.30. The quantitative estimate of drug-likeness (QED) is 0.290. The van der Waals surface area contributed by atoms with E-state index in [1.807, 2.05) is 6.08 Å². The highest BCUT2D eigenvalue weighted by molar-refractivity contribution is 6.78. The van der Waals surface area contributed by atoms with Crippen LogP contribution in [0.1, 0.15) is 26.2 Å². The molecule has 0 aliphatic carbocycles. The highest BCUT2D eigenvalue weighted by Crippen LogP contribution is 2.19. The summed E-state index contributed by atoms with van der Waals surface area (Å²) in [6.45, 7) is 8.90. The van der Waals surface area contributed by atoms with E-state index in [4.69, 9.17) is 11.6 Å². The normalized spacial score (nSPS) is 13.1. The van der Waals surface area contributed by atoms with Gasteiger partial charge in [-0.3, -0.25) is 4.79 Å². The predicted molar refractivity (Wildman–Crippen MR) is 66.6 cm³/mol. The molecule has 0 aromatic rings. The van der Waals surface area contributed by atoms with Crippen LogP contribution in [-0.4, -0.2) is 13.3 Å². The van der Waals surface area contributed by atoms with Crippen molar-refractivity contribution in [1.29, 1.82) is 0 Å². The smallest absolute Gasteiger partial charge is 0.247 e. The van der Waals surface area contributed by atoms with Gasteiger partial charge in [0.15, 0.2) is 0 Å². The van der Waals surface area contributed by atoms with Crippen LogP contribution in [0.2, 0.25) is 25.7 Å². The predicted octanol–water partition coefficient (Wildman–Crippen LogP) is 4.21. The molecule has 0 fully saturated rings. The van der Waals surface area contributed by atoms with Crippen LogP contribution in [0.4, 0.5) is 0 Å². The van der Waals surface area contributed by atoms with E-state index in [1.165, 1.54) is 0 Å². The third-order valence-corrected chi connectivity index (χ3v) is 3.61. The fourth-order valence-corrected chi connectivity index (χ4v) is 2.98. The first-order valence-electron chi connectivity index (χ1n) is 5.25. The van der Waals surface area contributed by atoms with Crippen molar-refractivity contribution in [3.05, 3.63) is 11.6 Å². The second kappa shape index (κ2) is 6.41. The molecule has 14 heavy (non-hydrogen) atoms. The zero-order valence-corrected chi connectivity index (χ0v) is 11.4. The van der Waals surface area contributed by atoms with Gasteiger partial charge in [0.05, 0.1) is 0 Å². The van der Waals surface area contributed by atoms with Gasteiger partial charge in [-0.05, 0) is 24.1 Å². The fraction of sp³-hybridized carbons (Fsp3) is 0.727. The molecule has 0 radical (unpaired) electrons. The molecular formula is C11H21ClOSi. The maximum atomic E-state index is 11.1. The largest absolute Gasteiger partial charge is 0.276 e. The molecule has 0 atom stereocenters. The summed E-state index contributed by atoms with van der Waals surface area (Å²) in [4.78, 5) is 11.1. The highest BCUT2D eigenvalue weighted by atomic mass is 35.5. The number of carbonyl (C=O) groups excluding carboxylic acids is 1. The summed E-state index contributed by atoms with van der Waals surface area (Å²) in [5, 5.41) is -0.261. The van der Waals surface area contributed by atoms with Crippen LogP contribution in [0, 0.1) is 0 Å². The average molecular weight is 233 g/mol. The van der Waals surface area contributed by atoms with E-state index in [-0.39, 0.29) is 5.24 Å². The molecule has 0 unspecified atom stereocenters. The first-order chi connectivity index (χ1) is 6.37. The molecule has 0 N–H and O–H groups in total. The van der Waals surface area contributed by atoms with Crippen LogP contribution in [0.25, 0.3) is 0 Å². The minimum absolute atomic E-state index is 0.261. The molecule has 1 nitrogen and oxygen atoms in total. The summed E-state index contributed by atoms with van der Waals surface area (Å²) in [5.41, 5.74) is 0.833. The zero-order valence-electron chi connectivity index (χ0n) is 9.69. The Morgan fingerprint density at radius 3 is 2.29 bits per heavy atom. The van der Waals surface area contributed by atoms with Crippen LogP contribution in [0.15, 0.2) is 11.6 Å². The van der Waals surface area contributed by atoms with Crippen molar-refractivity contribution in [3.8, 4) is 0 Å². The van der Waals surface area contributed by atoms with Gasteiger partial charge in [-0.1, -0.05) is 45.5 Å². The van der Waals surface area contributed by atoms with Crippen molar-refractivity contribution in [2.75, 3.05) is 0 Å². The molecule has 0 amide bonds. The molecule has 0 aliphatic heterocycles. The van der Waals surface area contributed by atoms with Crippen molar-refractivity contribution < 1.29 is 4.79 Å². The molecule has 0 aromatic heterocycles. The summed E-state index contributed by atoms with van der Waals surface area (Å²) in [7, 11) is -1.22. The third kappa shape index (κ3) is 7.33. The fourth-order valence-electron chi connectivity index (χ4n) is 1.27. The van der Waals surface area contributed by atoms with Crippen molar-refractivity contribution in [1.82, 2.24) is 0 Å². The van der Waals surface area contributed by atoms with Gasteiger partial charge >= 0.3 is 0 Å². The van der Waals surface area contributed by atoms with E-state index >= 15 is 0 Å². The van der Waals surface area contributed by atoms with E-state index in [1.54, 1.807) is 0 Å². The number of hydrogen-bond donors (Lipinski definition) is 0. The average Bonchev–Trinajstić information content (AvgIpc) is 2.00. The molecule has 0 heterocycles. The maximum Gasteiger partial charge on any atom is 0.247 e. The Kier molecular flexibility index (Phi) is 6.37. The number of hydrogen-bond acceptors (Lipinski definition) is 1. The molecule has 0 saturated heterocycles. The first kappa shape index (κ1) is 13.9. The summed E-state index contributed by atoms with van der Waals surface area (Å²) in [6, 6.07) is 0.902. The van der Waals surface area contributed by atoms with Gasteiger partial charge in [-0.25, -0.2) is 0 Å². The van der Waals surface area contributed by atoms with Crippen LogP contribution in [0.3, 0.4) is 0 Å². The first-order valence-corrected chi connectivity index (χ1v) is 9.34. The summed E-state index contributed by atoms with van der Waals surface area (Å²) in [5.74, 6) is 0.